The predicted molar refractivity (Wildman–Crippen MR) is 81.4 cm³/mol. The molecule has 1 amide bonds. The highest BCUT2D eigenvalue weighted by atomic mass is 32.1. The number of carbonyl (C=O) groups is 1. The fourth-order valence-corrected chi connectivity index (χ4v) is 2.65. The lowest BCUT2D eigenvalue weighted by molar-refractivity contribution is 0.0760. The number of thiazole rings is 1. The summed E-state index contributed by atoms with van der Waals surface area (Å²) in [6.45, 7) is 4.86. The monoisotopic (exact) mass is 306 g/mol. The number of nitrogens with two attached hydrogens (primary N) is 1. The van der Waals surface area contributed by atoms with Crippen LogP contribution in [0.1, 0.15) is 41.0 Å². The van der Waals surface area contributed by atoms with Crippen LogP contribution < -0.4 is 10.5 Å². The quantitative estimate of drug-likeness (QED) is 0.853. The van der Waals surface area contributed by atoms with Crippen molar-refractivity contribution in [3.05, 3.63) is 45.9 Å². The van der Waals surface area contributed by atoms with Gasteiger partial charge in [0.1, 0.15) is 23.5 Å². The summed E-state index contributed by atoms with van der Waals surface area (Å²) >= 11 is 1.54. The van der Waals surface area contributed by atoms with E-state index in [0.717, 1.165) is 10.7 Å². The highest BCUT2D eigenvalue weighted by Crippen LogP contribution is 2.23. The van der Waals surface area contributed by atoms with E-state index in [-0.39, 0.29) is 6.10 Å². The maximum Gasteiger partial charge on any atom is 0.252 e. The van der Waals surface area contributed by atoms with Gasteiger partial charge in [-0.05, 0) is 26.0 Å². The molecule has 0 aliphatic carbocycles. The van der Waals surface area contributed by atoms with Crippen molar-refractivity contribution in [1.29, 1.82) is 0 Å². The molecule has 0 radical (unpaired) electrons. The Morgan fingerprint density at radius 3 is 2.90 bits per heavy atom. The molecule has 1 aromatic carbocycles. The van der Waals surface area contributed by atoms with Crippen LogP contribution in [-0.4, -0.2) is 17.5 Å². The molecule has 0 bridgehead atoms. The molecule has 0 aliphatic heterocycles. The van der Waals surface area contributed by atoms with Crippen molar-refractivity contribution in [2.24, 2.45) is 5.73 Å². The fraction of sp³-hybridized carbons (Fsp3) is 0.333. The Balaban J connectivity index is 2.02. The van der Waals surface area contributed by atoms with Gasteiger partial charge in [0.25, 0.3) is 5.91 Å². The van der Waals surface area contributed by atoms with Crippen molar-refractivity contribution < 1.29 is 14.3 Å². The molecule has 2 rings (SSSR count). The maximum atomic E-state index is 11.3. The van der Waals surface area contributed by atoms with Crippen molar-refractivity contribution in [2.75, 3.05) is 6.61 Å². The number of ether oxygens (including phenoxy) is 2. The first kappa shape index (κ1) is 15.5. The Morgan fingerprint density at radius 1 is 1.43 bits per heavy atom. The van der Waals surface area contributed by atoms with Crippen LogP contribution >= 0.6 is 11.3 Å². The van der Waals surface area contributed by atoms with Gasteiger partial charge in [0.15, 0.2) is 0 Å². The standard InChI is InChI=1S/C15H18N2O3S/c1-3-19-10(2)15-17-11(9-21-15)8-20-13-7-5-4-6-12(13)14(16)18/h4-7,9-10H,3,8H2,1-2H3,(H2,16,18). The molecule has 5 nitrogen and oxygen atoms in total. The summed E-state index contributed by atoms with van der Waals surface area (Å²) in [5.41, 5.74) is 6.49. The first-order valence-corrected chi connectivity index (χ1v) is 7.57. The third-order valence-corrected chi connectivity index (χ3v) is 3.92. The smallest absolute Gasteiger partial charge is 0.252 e. The fourth-order valence-electron chi connectivity index (χ4n) is 1.84. The number of nitrogens with zero attached hydrogens (tertiary/aromatic N) is 1. The first-order chi connectivity index (χ1) is 10.1. The van der Waals surface area contributed by atoms with Crippen LogP contribution in [-0.2, 0) is 11.3 Å². The van der Waals surface area contributed by atoms with Crippen LogP contribution in [0.2, 0.25) is 0 Å². The van der Waals surface area contributed by atoms with Gasteiger partial charge in [0.05, 0.1) is 11.3 Å². The molecule has 1 atom stereocenters. The van der Waals surface area contributed by atoms with Gasteiger partial charge in [-0.15, -0.1) is 11.3 Å². The molecular formula is C15H18N2O3S. The Hall–Kier alpha value is -1.92. The third kappa shape index (κ3) is 4.03. The lowest BCUT2D eigenvalue weighted by Crippen LogP contribution is -2.13. The van der Waals surface area contributed by atoms with E-state index in [0.29, 0.717) is 24.5 Å². The van der Waals surface area contributed by atoms with E-state index in [4.69, 9.17) is 15.2 Å². The molecule has 0 saturated carbocycles. The Kier molecular flexibility index (Phi) is 5.30. The predicted octanol–water partition coefficient (Wildman–Crippen LogP) is 2.92. The van der Waals surface area contributed by atoms with Crippen molar-refractivity contribution >= 4 is 17.2 Å². The number of hydrogen-bond acceptors (Lipinski definition) is 5. The molecule has 1 heterocycles. The van der Waals surface area contributed by atoms with Crippen LogP contribution in [0, 0.1) is 0 Å². The van der Waals surface area contributed by atoms with Crippen LogP contribution in [0.4, 0.5) is 0 Å². The molecular weight excluding hydrogens is 288 g/mol. The van der Waals surface area contributed by atoms with Crippen LogP contribution in [0.5, 0.6) is 5.75 Å². The van der Waals surface area contributed by atoms with Gasteiger partial charge in [0.2, 0.25) is 0 Å². The summed E-state index contributed by atoms with van der Waals surface area (Å²) in [5, 5.41) is 2.84. The molecule has 0 aliphatic rings. The number of hydrogen-bond donors (Lipinski definition) is 1. The molecule has 1 unspecified atom stereocenters. The number of para-hydroxylation sites is 1. The van der Waals surface area contributed by atoms with Crippen molar-refractivity contribution in [3.63, 3.8) is 0 Å². The second kappa shape index (κ2) is 7.19. The van der Waals surface area contributed by atoms with E-state index in [1.165, 1.54) is 11.3 Å². The molecule has 21 heavy (non-hydrogen) atoms. The van der Waals surface area contributed by atoms with Gasteiger partial charge in [-0.2, -0.15) is 0 Å². The Labute approximate surface area is 127 Å². The normalized spacial score (nSPS) is 12.1. The molecule has 112 valence electrons. The van der Waals surface area contributed by atoms with Crippen molar-refractivity contribution in [3.8, 4) is 5.75 Å². The highest BCUT2D eigenvalue weighted by molar-refractivity contribution is 7.09. The SMILES string of the molecule is CCOC(C)c1nc(COc2ccccc2C(N)=O)cs1. The minimum absolute atomic E-state index is 0.0216. The third-order valence-electron chi connectivity index (χ3n) is 2.86. The summed E-state index contributed by atoms with van der Waals surface area (Å²) in [6, 6.07) is 6.90. The highest BCUT2D eigenvalue weighted by Gasteiger charge is 2.12. The average Bonchev–Trinajstić information content (AvgIpc) is 2.94. The number of benzene rings is 1. The minimum atomic E-state index is -0.505. The number of primary amides is 1. The van der Waals surface area contributed by atoms with Crippen molar-refractivity contribution in [2.45, 2.75) is 26.6 Å². The molecule has 1 aromatic heterocycles. The van der Waals surface area contributed by atoms with E-state index in [2.05, 4.69) is 4.98 Å². The molecule has 2 N–H and O–H groups in total. The van der Waals surface area contributed by atoms with Gasteiger partial charge in [-0.3, -0.25) is 4.79 Å². The van der Waals surface area contributed by atoms with Gasteiger partial charge in [-0.25, -0.2) is 4.98 Å². The van der Waals surface area contributed by atoms with Crippen LogP contribution in [0.3, 0.4) is 0 Å². The van der Waals surface area contributed by atoms with E-state index >= 15 is 0 Å². The van der Waals surface area contributed by atoms with Gasteiger partial charge < -0.3 is 15.2 Å². The number of aromatic nitrogens is 1. The van der Waals surface area contributed by atoms with Gasteiger partial charge in [-0.1, -0.05) is 12.1 Å². The second-order valence-electron chi connectivity index (χ2n) is 4.42. The minimum Gasteiger partial charge on any atom is -0.486 e. The van der Waals surface area contributed by atoms with Gasteiger partial charge in [0, 0.05) is 12.0 Å². The van der Waals surface area contributed by atoms with Crippen molar-refractivity contribution in [1.82, 2.24) is 4.98 Å². The zero-order chi connectivity index (χ0) is 15.2. The van der Waals surface area contributed by atoms with Crippen LogP contribution in [0.25, 0.3) is 0 Å². The number of amides is 1. The Bertz CT molecular complexity index is 612. The average molecular weight is 306 g/mol. The summed E-state index contributed by atoms with van der Waals surface area (Å²) in [4.78, 5) is 15.8. The summed E-state index contributed by atoms with van der Waals surface area (Å²) in [6.07, 6.45) is -0.0216. The number of carbonyl (C=O) groups excluding carboxylic acids is 1. The van der Waals surface area contributed by atoms with E-state index in [1.54, 1.807) is 24.3 Å². The van der Waals surface area contributed by atoms with E-state index in [1.807, 2.05) is 19.2 Å². The molecule has 2 aromatic rings. The molecule has 0 spiro atoms. The Morgan fingerprint density at radius 2 is 2.19 bits per heavy atom. The lowest BCUT2D eigenvalue weighted by Gasteiger charge is -2.08. The second-order valence-corrected chi connectivity index (χ2v) is 5.31. The molecule has 0 fully saturated rings. The van der Waals surface area contributed by atoms with E-state index in [9.17, 15) is 4.79 Å². The first-order valence-electron chi connectivity index (χ1n) is 6.69. The summed E-state index contributed by atoms with van der Waals surface area (Å²) in [7, 11) is 0. The van der Waals surface area contributed by atoms with E-state index < -0.39 is 5.91 Å². The summed E-state index contributed by atoms with van der Waals surface area (Å²) < 4.78 is 11.1. The zero-order valence-electron chi connectivity index (χ0n) is 12.0. The lowest BCUT2D eigenvalue weighted by atomic mass is 10.2. The molecule has 0 saturated heterocycles. The van der Waals surface area contributed by atoms with Gasteiger partial charge >= 0.3 is 0 Å². The summed E-state index contributed by atoms with van der Waals surface area (Å²) in [5.74, 6) is -0.0352. The largest absolute Gasteiger partial charge is 0.486 e. The zero-order valence-corrected chi connectivity index (χ0v) is 12.9. The number of rotatable bonds is 7. The molecule has 6 heteroatoms. The topological polar surface area (TPSA) is 74.4 Å². The maximum absolute atomic E-state index is 11.3. The van der Waals surface area contributed by atoms with Crippen LogP contribution in [0.15, 0.2) is 29.6 Å².